The molecule has 2 aromatic heterocycles. The number of carbonyl (C=O) groups excluding carboxylic acids is 1. The van der Waals surface area contributed by atoms with Gasteiger partial charge in [-0.1, -0.05) is 19.8 Å². The number of aryl methyl sites for hydroxylation is 2. The first-order valence-electron chi connectivity index (χ1n) is 8.28. The number of unbranched alkanes of at least 4 members (excludes halogenated alkanes) is 1. The quantitative estimate of drug-likeness (QED) is 0.898. The van der Waals surface area contributed by atoms with E-state index in [-0.39, 0.29) is 11.5 Å². The number of thiophene rings is 1. The van der Waals surface area contributed by atoms with E-state index in [1.54, 1.807) is 7.11 Å². The van der Waals surface area contributed by atoms with Crippen molar-refractivity contribution in [2.75, 3.05) is 25.9 Å². The van der Waals surface area contributed by atoms with Crippen molar-refractivity contribution in [3.63, 3.8) is 0 Å². The summed E-state index contributed by atoms with van der Waals surface area (Å²) in [6.45, 7) is 7.28. The Kier molecular flexibility index (Phi) is 4.48. The first-order valence-corrected chi connectivity index (χ1v) is 9.10. The average molecular weight is 348 g/mol. The number of amides is 1. The molecule has 0 spiro atoms. The summed E-state index contributed by atoms with van der Waals surface area (Å²) >= 11 is 1.33. The van der Waals surface area contributed by atoms with Gasteiger partial charge in [-0.2, -0.15) is 5.10 Å². The van der Waals surface area contributed by atoms with E-state index in [4.69, 9.17) is 10.5 Å². The SMILES string of the molecule is CCCCC1(OC)CN(C(=O)c2sc3nnc(C)c(C)c3c2N)C1. The predicted octanol–water partition coefficient (Wildman–Crippen LogP) is 2.92. The Morgan fingerprint density at radius 1 is 1.38 bits per heavy atom. The van der Waals surface area contributed by atoms with Crippen molar-refractivity contribution in [3.05, 3.63) is 16.1 Å². The van der Waals surface area contributed by atoms with Gasteiger partial charge in [-0.25, -0.2) is 0 Å². The number of fused-ring (bicyclic) bond motifs is 1. The fourth-order valence-corrected chi connectivity index (χ4v) is 4.29. The van der Waals surface area contributed by atoms with E-state index in [1.807, 2.05) is 18.7 Å². The molecule has 0 atom stereocenters. The molecule has 3 heterocycles. The molecule has 0 saturated carbocycles. The molecular weight excluding hydrogens is 324 g/mol. The summed E-state index contributed by atoms with van der Waals surface area (Å²) in [5, 5.41) is 9.18. The van der Waals surface area contributed by atoms with Crippen LogP contribution in [0.5, 0.6) is 0 Å². The Balaban J connectivity index is 1.83. The molecular formula is C17H24N4O2S. The monoisotopic (exact) mass is 348 g/mol. The minimum Gasteiger partial charge on any atom is -0.397 e. The zero-order valence-corrected chi connectivity index (χ0v) is 15.5. The number of nitrogens with zero attached hydrogens (tertiary/aromatic N) is 3. The van der Waals surface area contributed by atoms with Crippen molar-refractivity contribution in [1.29, 1.82) is 0 Å². The maximum absolute atomic E-state index is 12.8. The van der Waals surface area contributed by atoms with Gasteiger partial charge in [0.2, 0.25) is 0 Å². The molecule has 1 saturated heterocycles. The molecule has 2 N–H and O–H groups in total. The lowest BCUT2D eigenvalue weighted by atomic mass is 9.88. The van der Waals surface area contributed by atoms with Crippen LogP contribution in [0.25, 0.3) is 10.2 Å². The van der Waals surface area contributed by atoms with E-state index in [2.05, 4.69) is 17.1 Å². The number of anilines is 1. The van der Waals surface area contributed by atoms with Gasteiger partial charge < -0.3 is 15.4 Å². The fraction of sp³-hybridized carbons (Fsp3) is 0.588. The molecule has 1 fully saturated rings. The largest absolute Gasteiger partial charge is 0.397 e. The van der Waals surface area contributed by atoms with Crippen molar-refractivity contribution in [2.45, 2.75) is 45.6 Å². The average Bonchev–Trinajstić information content (AvgIpc) is 2.87. The van der Waals surface area contributed by atoms with Crippen molar-refractivity contribution in [1.82, 2.24) is 15.1 Å². The summed E-state index contributed by atoms with van der Waals surface area (Å²) in [5.74, 6) is -0.0308. The number of ether oxygens (including phenoxy) is 1. The highest BCUT2D eigenvalue weighted by Crippen LogP contribution is 2.38. The van der Waals surface area contributed by atoms with Gasteiger partial charge in [-0.3, -0.25) is 4.79 Å². The van der Waals surface area contributed by atoms with E-state index < -0.39 is 0 Å². The molecule has 0 radical (unpaired) electrons. The number of aromatic nitrogens is 2. The second kappa shape index (κ2) is 6.29. The number of nitrogens with two attached hydrogens (primary N) is 1. The van der Waals surface area contributed by atoms with E-state index in [0.29, 0.717) is 23.7 Å². The summed E-state index contributed by atoms with van der Waals surface area (Å²) < 4.78 is 5.67. The highest BCUT2D eigenvalue weighted by Gasteiger charge is 2.45. The van der Waals surface area contributed by atoms with Gasteiger partial charge in [-0.05, 0) is 25.8 Å². The third-order valence-corrected chi connectivity index (χ3v) is 6.07. The van der Waals surface area contributed by atoms with E-state index >= 15 is 0 Å². The smallest absolute Gasteiger partial charge is 0.266 e. The number of rotatable bonds is 5. The highest BCUT2D eigenvalue weighted by atomic mass is 32.1. The van der Waals surface area contributed by atoms with Gasteiger partial charge in [0.15, 0.2) is 0 Å². The minimum absolute atomic E-state index is 0.0308. The first kappa shape index (κ1) is 17.1. The van der Waals surface area contributed by atoms with Crippen LogP contribution in [0.1, 0.15) is 47.1 Å². The predicted molar refractivity (Wildman–Crippen MR) is 96.5 cm³/mol. The van der Waals surface area contributed by atoms with Crippen LogP contribution in [0, 0.1) is 13.8 Å². The van der Waals surface area contributed by atoms with Crippen LogP contribution >= 0.6 is 11.3 Å². The number of hydrogen-bond acceptors (Lipinski definition) is 6. The maximum Gasteiger partial charge on any atom is 0.266 e. The lowest BCUT2D eigenvalue weighted by molar-refractivity contribution is -0.113. The topological polar surface area (TPSA) is 81.3 Å². The van der Waals surface area contributed by atoms with Gasteiger partial charge in [0, 0.05) is 12.5 Å². The fourth-order valence-electron chi connectivity index (χ4n) is 3.22. The lowest BCUT2D eigenvalue weighted by Crippen LogP contribution is -2.64. The van der Waals surface area contributed by atoms with Crippen LogP contribution in [0.4, 0.5) is 5.69 Å². The Labute approximate surface area is 146 Å². The van der Waals surface area contributed by atoms with Crippen LogP contribution < -0.4 is 5.73 Å². The van der Waals surface area contributed by atoms with Crippen LogP contribution in [-0.4, -0.2) is 46.8 Å². The molecule has 0 unspecified atom stereocenters. The second-order valence-corrected chi connectivity index (χ2v) is 7.59. The molecule has 3 rings (SSSR count). The Morgan fingerprint density at radius 3 is 2.71 bits per heavy atom. The zero-order valence-electron chi connectivity index (χ0n) is 14.7. The normalized spacial score (nSPS) is 16.4. The Hall–Kier alpha value is -1.73. The van der Waals surface area contributed by atoms with Crippen LogP contribution in [0.2, 0.25) is 0 Å². The standard InChI is InChI=1S/C17H24N4O2S/c1-5-6-7-17(23-4)8-21(9-17)16(22)14-13(18)12-10(2)11(3)19-20-15(12)24-14/h5-9,18H2,1-4H3. The second-order valence-electron chi connectivity index (χ2n) is 6.59. The third-order valence-electron chi connectivity index (χ3n) is 4.99. The van der Waals surface area contributed by atoms with Gasteiger partial charge in [-0.15, -0.1) is 16.4 Å². The highest BCUT2D eigenvalue weighted by molar-refractivity contribution is 7.21. The molecule has 7 heteroatoms. The molecule has 1 aliphatic rings. The van der Waals surface area contributed by atoms with E-state index in [1.165, 1.54) is 11.3 Å². The number of carbonyl (C=O) groups is 1. The molecule has 6 nitrogen and oxygen atoms in total. The van der Waals surface area contributed by atoms with E-state index in [9.17, 15) is 4.79 Å². The summed E-state index contributed by atoms with van der Waals surface area (Å²) in [7, 11) is 1.73. The number of methoxy groups -OCH3 is 1. The lowest BCUT2D eigenvalue weighted by Gasteiger charge is -2.49. The summed E-state index contributed by atoms with van der Waals surface area (Å²) in [6, 6.07) is 0. The first-order chi connectivity index (χ1) is 11.4. The molecule has 0 aliphatic carbocycles. The van der Waals surface area contributed by atoms with Crippen LogP contribution in [0.15, 0.2) is 0 Å². The van der Waals surface area contributed by atoms with Crippen molar-refractivity contribution < 1.29 is 9.53 Å². The molecule has 24 heavy (non-hydrogen) atoms. The zero-order chi connectivity index (χ0) is 17.5. The summed E-state index contributed by atoms with van der Waals surface area (Å²) in [5.41, 5.74) is 8.44. The molecule has 0 aromatic carbocycles. The van der Waals surface area contributed by atoms with Gasteiger partial charge in [0.05, 0.1) is 24.5 Å². The maximum atomic E-state index is 12.8. The molecule has 130 valence electrons. The molecule has 1 aliphatic heterocycles. The van der Waals surface area contributed by atoms with Crippen molar-refractivity contribution in [2.24, 2.45) is 0 Å². The van der Waals surface area contributed by atoms with Crippen molar-refractivity contribution >= 4 is 33.1 Å². The van der Waals surface area contributed by atoms with Crippen molar-refractivity contribution in [3.8, 4) is 0 Å². The van der Waals surface area contributed by atoms with Gasteiger partial charge in [0.25, 0.3) is 5.91 Å². The Morgan fingerprint density at radius 2 is 2.08 bits per heavy atom. The summed E-state index contributed by atoms with van der Waals surface area (Å²) in [6.07, 6.45) is 3.21. The molecule has 0 bridgehead atoms. The van der Waals surface area contributed by atoms with Crippen LogP contribution in [-0.2, 0) is 4.74 Å². The number of hydrogen-bond donors (Lipinski definition) is 1. The molecule has 2 aromatic rings. The van der Waals surface area contributed by atoms with Gasteiger partial charge >= 0.3 is 0 Å². The molecule has 1 amide bonds. The van der Waals surface area contributed by atoms with E-state index in [0.717, 1.165) is 40.7 Å². The van der Waals surface area contributed by atoms with Gasteiger partial charge in [0.1, 0.15) is 15.3 Å². The number of likely N-dealkylation sites (tertiary alicyclic amines) is 1. The Bertz CT molecular complexity index is 780. The van der Waals surface area contributed by atoms with Crippen LogP contribution in [0.3, 0.4) is 0 Å². The third kappa shape index (κ3) is 2.65. The number of nitrogen functional groups attached to an aromatic ring is 1. The minimum atomic E-state index is -0.191. The summed E-state index contributed by atoms with van der Waals surface area (Å²) in [4.78, 5) is 15.9.